The predicted octanol–water partition coefficient (Wildman–Crippen LogP) is 5.75. The van der Waals surface area contributed by atoms with E-state index in [4.69, 9.17) is 23.8 Å². The van der Waals surface area contributed by atoms with Gasteiger partial charge in [0.2, 0.25) is 0 Å². The first-order valence-corrected chi connectivity index (χ1v) is 11.4. The molecular formula is C24H25ClN4S. The number of aromatic nitrogens is 2. The number of aryl methyl sites for hydroxylation is 1. The van der Waals surface area contributed by atoms with Gasteiger partial charge in [0, 0.05) is 34.8 Å². The molecule has 1 saturated heterocycles. The Morgan fingerprint density at radius 3 is 2.67 bits per heavy atom. The van der Waals surface area contributed by atoms with Gasteiger partial charge in [-0.05, 0) is 80.0 Å². The van der Waals surface area contributed by atoms with Crippen LogP contribution in [-0.2, 0) is 0 Å². The first kappa shape index (κ1) is 19.6. The van der Waals surface area contributed by atoms with E-state index in [9.17, 15) is 0 Å². The van der Waals surface area contributed by atoms with E-state index in [1.165, 1.54) is 31.4 Å². The van der Waals surface area contributed by atoms with Crippen LogP contribution in [0.4, 0.5) is 0 Å². The first-order valence-electron chi connectivity index (χ1n) is 10.6. The van der Waals surface area contributed by atoms with E-state index in [-0.39, 0.29) is 12.1 Å². The van der Waals surface area contributed by atoms with E-state index in [2.05, 4.69) is 56.3 Å². The lowest BCUT2D eigenvalue weighted by atomic mass is 9.99. The zero-order valence-corrected chi connectivity index (χ0v) is 18.5. The fourth-order valence-electron chi connectivity index (χ4n) is 4.91. The van der Waals surface area contributed by atoms with Crippen molar-refractivity contribution in [3.8, 4) is 5.69 Å². The number of thiocarbonyl (C=S) groups is 1. The molecule has 2 atom stereocenters. The molecule has 1 aliphatic heterocycles. The highest BCUT2D eigenvalue weighted by Crippen LogP contribution is 2.43. The Balaban J connectivity index is 1.62. The lowest BCUT2D eigenvalue weighted by molar-refractivity contribution is 0.239. The van der Waals surface area contributed by atoms with Crippen LogP contribution in [0.1, 0.15) is 54.7 Å². The minimum absolute atomic E-state index is 0.0151. The van der Waals surface area contributed by atoms with Crippen molar-refractivity contribution < 1.29 is 0 Å². The third kappa shape index (κ3) is 3.40. The zero-order chi connectivity index (χ0) is 20.7. The van der Waals surface area contributed by atoms with Crippen LogP contribution < -0.4 is 5.32 Å². The van der Waals surface area contributed by atoms with Crippen LogP contribution in [0, 0.1) is 6.92 Å². The second-order valence-corrected chi connectivity index (χ2v) is 9.00. The summed E-state index contributed by atoms with van der Waals surface area (Å²) >= 11 is 12.2. The first-order chi connectivity index (χ1) is 14.6. The van der Waals surface area contributed by atoms with Crippen molar-refractivity contribution >= 4 is 28.9 Å². The third-order valence-corrected chi connectivity index (χ3v) is 7.11. The van der Waals surface area contributed by atoms with E-state index in [0.717, 1.165) is 27.1 Å². The van der Waals surface area contributed by atoms with Gasteiger partial charge in [-0.1, -0.05) is 30.5 Å². The van der Waals surface area contributed by atoms with Crippen LogP contribution >= 0.6 is 23.8 Å². The smallest absolute Gasteiger partial charge is 0.170 e. The molecule has 2 fully saturated rings. The highest BCUT2D eigenvalue weighted by atomic mass is 35.5. The average molecular weight is 437 g/mol. The molecule has 154 valence electrons. The second-order valence-electron chi connectivity index (χ2n) is 8.21. The molecule has 5 rings (SSSR count). The van der Waals surface area contributed by atoms with Gasteiger partial charge < -0.3 is 14.8 Å². The molecule has 1 saturated carbocycles. The normalized spacial score (nSPS) is 21.9. The van der Waals surface area contributed by atoms with Gasteiger partial charge in [0.05, 0.1) is 17.8 Å². The number of benzene rings is 1. The van der Waals surface area contributed by atoms with E-state index < -0.39 is 0 Å². The lowest BCUT2D eigenvalue weighted by Gasteiger charge is -2.33. The second kappa shape index (κ2) is 8.05. The van der Waals surface area contributed by atoms with Crippen molar-refractivity contribution in [3.63, 3.8) is 0 Å². The van der Waals surface area contributed by atoms with Gasteiger partial charge in [-0.15, -0.1) is 0 Å². The summed E-state index contributed by atoms with van der Waals surface area (Å²) < 4.78 is 2.27. The van der Waals surface area contributed by atoms with Crippen LogP contribution in [0.25, 0.3) is 5.69 Å². The number of nitrogens with zero attached hydrogens (tertiary/aromatic N) is 3. The van der Waals surface area contributed by atoms with Crippen LogP contribution in [0.2, 0.25) is 5.02 Å². The molecule has 4 nitrogen and oxygen atoms in total. The molecule has 0 bridgehead atoms. The number of nitrogens with one attached hydrogen (secondary N) is 1. The van der Waals surface area contributed by atoms with Gasteiger partial charge in [-0.3, -0.25) is 4.98 Å². The maximum Gasteiger partial charge on any atom is 0.170 e. The fraction of sp³-hybridized carbons (Fsp3) is 0.333. The molecule has 1 aromatic carbocycles. The molecule has 3 aromatic rings. The summed E-state index contributed by atoms with van der Waals surface area (Å²) in [6, 6.07) is 17.2. The Bertz CT molecular complexity index is 1060. The maximum absolute atomic E-state index is 6.29. The molecule has 2 aromatic heterocycles. The van der Waals surface area contributed by atoms with Crippen LogP contribution in [0.3, 0.4) is 0 Å². The highest BCUT2D eigenvalue weighted by molar-refractivity contribution is 7.80. The molecule has 1 N–H and O–H groups in total. The van der Waals surface area contributed by atoms with E-state index in [0.29, 0.717) is 6.04 Å². The summed E-state index contributed by atoms with van der Waals surface area (Å²) in [5.74, 6) is 0. The quantitative estimate of drug-likeness (QED) is 0.528. The standard InChI is InChI=1S/C24H25ClN4S/c1-16-15-18(11-12-19(16)25)28-14-6-10-21(28)23-22(20-9-4-5-13-26-20)27-24(30)29(23)17-7-2-3-8-17/h4-6,9-15,17,22-23H,2-3,7-8H2,1H3,(H,27,30)/t22-,23-/m0/s1. The van der Waals surface area contributed by atoms with Crippen LogP contribution in [0.5, 0.6) is 0 Å². The molecule has 0 amide bonds. The molecule has 3 heterocycles. The Kier molecular flexibility index (Phi) is 5.25. The molecular weight excluding hydrogens is 412 g/mol. The lowest BCUT2D eigenvalue weighted by Crippen LogP contribution is -2.38. The van der Waals surface area contributed by atoms with Crippen molar-refractivity contribution in [1.29, 1.82) is 0 Å². The number of halogens is 1. The van der Waals surface area contributed by atoms with Gasteiger partial charge in [0.1, 0.15) is 0 Å². The van der Waals surface area contributed by atoms with Gasteiger partial charge in [0.25, 0.3) is 0 Å². The maximum atomic E-state index is 6.29. The minimum atomic E-state index is 0.0151. The Hall–Kier alpha value is -2.37. The number of hydrogen-bond donors (Lipinski definition) is 1. The van der Waals surface area contributed by atoms with Crippen molar-refractivity contribution in [3.05, 3.63) is 82.9 Å². The largest absolute Gasteiger partial charge is 0.352 e. The van der Waals surface area contributed by atoms with E-state index in [1.54, 1.807) is 0 Å². The molecule has 0 unspecified atom stereocenters. The Morgan fingerprint density at radius 2 is 1.93 bits per heavy atom. The molecule has 6 heteroatoms. The SMILES string of the molecule is Cc1cc(-n2cccc2[C@H]2[C@H](c3ccccn3)NC(=S)N2C2CCCC2)ccc1Cl. The van der Waals surface area contributed by atoms with Gasteiger partial charge >= 0.3 is 0 Å². The average Bonchev–Trinajstić information content (AvgIpc) is 3.50. The summed E-state index contributed by atoms with van der Waals surface area (Å²) in [5, 5.41) is 5.22. The summed E-state index contributed by atoms with van der Waals surface area (Å²) in [7, 11) is 0. The molecule has 2 aliphatic rings. The third-order valence-electron chi connectivity index (χ3n) is 6.36. The van der Waals surface area contributed by atoms with E-state index >= 15 is 0 Å². The van der Waals surface area contributed by atoms with Gasteiger partial charge in [-0.25, -0.2) is 0 Å². The van der Waals surface area contributed by atoms with Crippen LogP contribution in [-0.4, -0.2) is 25.6 Å². The van der Waals surface area contributed by atoms with E-state index in [1.807, 2.05) is 31.3 Å². The van der Waals surface area contributed by atoms with Gasteiger partial charge in [0.15, 0.2) is 5.11 Å². The van der Waals surface area contributed by atoms with Crippen molar-refractivity contribution in [2.75, 3.05) is 0 Å². The van der Waals surface area contributed by atoms with Crippen molar-refractivity contribution in [2.45, 2.75) is 50.7 Å². The van der Waals surface area contributed by atoms with Crippen molar-refractivity contribution in [2.24, 2.45) is 0 Å². The summed E-state index contributed by atoms with van der Waals surface area (Å²) in [6.45, 7) is 2.04. The monoisotopic (exact) mass is 436 g/mol. The Morgan fingerprint density at radius 1 is 1.10 bits per heavy atom. The summed E-state index contributed by atoms with van der Waals surface area (Å²) in [5.41, 5.74) is 4.42. The van der Waals surface area contributed by atoms with Crippen molar-refractivity contribution in [1.82, 2.24) is 19.8 Å². The summed E-state index contributed by atoms with van der Waals surface area (Å²) in [6.07, 6.45) is 8.89. The molecule has 30 heavy (non-hydrogen) atoms. The summed E-state index contributed by atoms with van der Waals surface area (Å²) in [4.78, 5) is 7.11. The zero-order valence-electron chi connectivity index (χ0n) is 17.0. The highest BCUT2D eigenvalue weighted by Gasteiger charge is 2.44. The number of hydrogen-bond acceptors (Lipinski definition) is 2. The van der Waals surface area contributed by atoms with Gasteiger partial charge in [-0.2, -0.15) is 0 Å². The molecule has 1 aliphatic carbocycles. The van der Waals surface area contributed by atoms with Crippen LogP contribution in [0.15, 0.2) is 60.9 Å². The number of pyridine rings is 1. The topological polar surface area (TPSA) is 33.1 Å². The molecule has 0 radical (unpaired) electrons. The molecule has 0 spiro atoms. The number of rotatable bonds is 4. The minimum Gasteiger partial charge on any atom is -0.352 e. The predicted molar refractivity (Wildman–Crippen MR) is 125 cm³/mol. The Labute approximate surface area is 187 Å². The fourth-order valence-corrected chi connectivity index (χ4v) is 5.41.